The van der Waals surface area contributed by atoms with Gasteiger partial charge in [-0.25, -0.2) is 4.39 Å². The Morgan fingerprint density at radius 2 is 1.82 bits per heavy atom. The van der Waals surface area contributed by atoms with Crippen LogP contribution in [0.4, 0.5) is 10.1 Å². The summed E-state index contributed by atoms with van der Waals surface area (Å²) in [5, 5.41) is 4.61. The van der Waals surface area contributed by atoms with Crippen LogP contribution in [0.2, 0.25) is 0 Å². The molecule has 3 aromatic rings. The zero-order valence-electron chi connectivity index (χ0n) is 15.2. The predicted octanol–water partition coefficient (Wildman–Crippen LogP) is 3.97. The van der Waals surface area contributed by atoms with Crippen molar-refractivity contribution in [3.05, 3.63) is 82.3 Å². The molecule has 3 rings (SSSR count). The maximum absolute atomic E-state index is 12.9. The lowest BCUT2D eigenvalue weighted by Gasteiger charge is -2.20. The Morgan fingerprint density at radius 3 is 2.54 bits per heavy atom. The second-order valence-corrected chi connectivity index (χ2v) is 6.86. The van der Waals surface area contributed by atoms with Gasteiger partial charge in [-0.2, -0.15) is 0 Å². The van der Waals surface area contributed by atoms with E-state index in [4.69, 9.17) is 4.74 Å². The van der Waals surface area contributed by atoms with Crippen molar-refractivity contribution in [2.45, 2.75) is 0 Å². The molecule has 0 aliphatic carbocycles. The Kier molecular flexibility index (Phi) is 6.39. The normalized spacial score (nSPS) is 10.4. The van der Waals surface area contributed by atoms with Crippen LogP contribution in [-0.4, -0.2) is 32.0 Å². The number of nitrogens with zero attached hydrogens (tertiary/aromatic N) is 1. The molecule has 0 atom stereocenters. The number of carbonyl (C=O) groups excluding carboxylic acids is 2. The first kappa shape index (κ1) is 19.6. The lowest BCUT2D eigenvalue weighted by Crippen LogP contribution is -2.32. The first-order valence-corrected chi connectivity index (χ1v) is 9.51. The molecule has 0 aliphatic heterocycles. The van der Waals surface area contributed by atoms with E-state index in [1.807, 2.05) is 11.4 Å². The van der Waals surface area contributed by atoms with Crippen LogP contribution in [0.3, 0.4) is 0 Å². The zero-order chi connectivity index (χ0) is 19.9. The molecule has 0 saturated carbocycles. The molecule has 0 unspecified atom stereocenters. The van der Waals surface area contributed by atoms with E-state index in [0.717, 1.165) is 0 Å². The van der Waals surface area contributed by atoms with Crippen LogP contribution in [0.1, 0.15) is 20.0 Å². The molecule has 1 heterocycles. The quantitative estimate of drug-likeness (QED) is 0.613. The number of thiophene rings is 1. The highest BCUT2D eigenvalue weighted by atomic mass is 32.1. The Hall–Kier alpha value is -3.19. The minimum atomic E-state index is -0.335. The topological polar surface area (TPSA) is 58.6 Å². The molecule has 0 spiro atoms. The van der Waals surface area contributed by atoms with E-state index in [1.165, 1.54) is 40.5 Å². The summed E-state index contributed by atoms with van der Waals surface area (Å²) in [7, 11) is 1.64. The third-order valence-corrected chi connectivity index (χ3v) is 4.87. The Labute approximate surface area is 166 Å². The van der Waals surface area contributed by atoms with Gasteiger partial charge in [-0.15, -0.1) is 11.3 Å². The van der Waals surface area contributed by atoms with Crippen LogP contribution in [0.15, 0.2) is 66.0 Å². The van der Waals surface area contributed by atoms with Gasteiger partial charge in [0, 0.05) is 7.05 Å². The first-order valence-electron chi connectivity index (χ1n) is 8.63. The van der Waals surface area contributed by atoms with Gasteiger partial charge in [0.1, 0.15) is 18.2 Å². The van der Waals surface area contributed by atoms with Gasteiger partial charge in [-0.1, -0.05) is 18.2 Å². The van der Waals surface area contributed by atoms with Crippen molar-refractivity contribution in [2.75, 3.05) is 25.1 Å². The van der Waals surface area contributed by atoms with Gasteiger partial charge in [0.05, 0.1) is 22.7 Å². The molecule has 28 heavy (non-hydrogen) atoms. The van der Waals surface area contributed by atoms with E-state index in [0.29, 0.717) is 21.9 Å². The Bertz CT molecular complexity index is 943. The molecule has 1 aromatic heterocycles. The lowest BCUT2D eigenvalue weighted by atomic mass is 10.1. The maximum atomic E-state index is 12.9. The van der Waals surface area contributed by atoms with Crippen LogP contribution in [-0.2, 0) is 0 Å². The summed E-state index contributed by atoms with van der Waals surface area (Å²) in [4.78, 5) is 27.2. The molecule has 0 aliphatic rings. The summed E-state index contributed by atoms with van der Waals surface area (Å²) < 4.78 is 18.3. The number of rotatable bonds is 7. The summed E-state index contributed by atoms with van der Waals surface area (Å²) in [6.45, 7) is 0.511. The van der Waals surface area contributed by atoms with Crippen LogP contribution < -0.4 is 15.0 Å². The fourth-order valence-corrected chi connectivity index (χ4v) is 3.29. The summed E-state index contributed by atoms with van der Waals surface area (Å²) in [6.07, 6.45) is 0. The largest absolute Gasteiger partial charge is 0.492 e. The number of halogens is 1. The van der Waals surface area contributed by atoms with E-state index in [1.54, 1.807) is 37.4 Å². The van der Waals surface area contributed by atoms with Crippen molar-refractivity contribution in [3.63, 3.8) is 0 Å². The fraction of sp³-hybridized carbons (Fsp3) is 0.143. The monoisotopic (exact) mass is 398 g/mol. The van der Waals surface area contributed by atoms with Crippen LogP contribution in [0, 0.1) is 5.82 Å². The SMILES string of the molecule is CN(C(=O)c1cccs1)c1ccccc1C(=O)NCCOc1ccc(F)cc1. The van der Waals surface area contributed by atoms with Gasteiger partial charge in [0.15, 0.2) is 0 Å². The number of amides is 2. The molecule has 0 radical (unpaired) electrons. The van der Waals surface area contributed by atoms with E-state index in [-0.39, 0.29) is 30.8 Å². The molecular weight excluding hydrogens is 379 g/mol. The van der Waals surface area contributed by atoms with Gasteiger partial charge >= 0.3 is 0 Å². The van der Waals surface area contributed by atoms with Crippen LogP contribution in [0.5, 0.6) is 5.75 Å². The summed E-state index contributed by atoms with van der Waals surface area (Å²) >= 11 is 1.35. The van der Waals surface area contributed by atoms with Crippen molar-refractivity contribution in [2.24, 2.45) is 0 Å². The number of anilines is 1. The standard InChI is InChI=1S/C21H19FN2O3S/c1-24(21(26)19-7-4-14-28-19)18-6-3-2-5-17(18)20(25)23-12-13-27-16-10-8-15(22)9-11-16/h2-11,14H,12-13H2,1H3,(H,23,25). The van der Waals surface area contributed by atoms with Crippen LogP contribution in [0.25, 0.3) is 0 Å². The molecule has 0 saturated heterocycles. The van der Waals surface area contributed by atoms with Gasteiger partial charge in [-0.05, 0) is 47.8 Å². The zero-order valence-corrected chi connectivity index (χ0v) is 16.0. The highest BCUT2D eigenvalue weighted by Gasteiger charge is 2.19. The van der Waals surface area contributed by atoms with E-state index in [9.17, 15) is 14.0 Å². The third-order valence-electron chi connectivity index (χ3n) is 4.02. The summed E-state index contributed by atoms with van der Waals surface area (Å²) in [6, 6.07) is 16.2. The highest BCUT2D eigenvalue weighted by Crippen LogP contribution is 2.22. The smallest absolute Gasteiger partial charge is 0.268 e. The number of hydrogen-bond acceptors (Lipinski definition) is 4. The second kappa shape index (κ2) is 9.14. The minimum absolute atomic E-state index is 0.171. The van der Waals surface area contributed by atoms with Gasteiger partial charge in [0.25, 0.3) is 11.8 Å². The van der Waals surface area contributed by atoms with Gasteiger partial charge in [0.2, 0.25) is 0 Å². The maximum Gasteiger partial charge on any atom is 0.268 e. The first-order chi connectivity index (χ1) is 13.6. The molecule has 7 heteroatoms. The number of ether oxygens (including phenoxy) is 1. The second-order valence-electron chi connectivity index (χ2n) is 5.92. The Balaban J connectivity index is 1.60. The van der Waals surface area contributed by atoms with Crippen molar-refractivity contribution in [3.8, 4) is 5.75 Å². The number of benzene rings is 2. The van der Waals surface area contributed by atoms with Gasteiger partial charge in [-0.3, -0.25) is 9.59 Å². The number of nitrogens with one attached hydrogen (secondary N) is 1. The van der Waals surface area contributed by atoms with E-state index < -0.39 is 0 Å². The molecule has 2 amide bonds. The van der Waals surface area contributed by atoms with Crippen molar-refractivity contribution < 1.29 is 18.7 Å². The summed E-state index contributed by atoms with van der Waals surface area (Å²) in [5.74, 6) is -0.283. The number of hydrogen-bond donors (Lipinski definition) is 1. The number of para-hydroxylation sites is 1. The molecule has 0 bridgehead atoms. The minimum Gasteiger partial charge on any atom is -0.492 e. The predicted molar refractivity (Wildman–Crippen MR) is 108 cm³/mol. The fourth-order valence-electron chi connectivity index (χ4n) is 2.59. The third kappa shape index (κ3) is 4.75. The number of carbonyl (C=O) groups is 2. The molecule has 2 aromatic carbocycles. The average molecular weight is 398 g/mol. The lowest BCUT2D eigenvalue weighted by molar-refractivity contribution is 0.0947. The molecule has 0 fully saturated rings. The van der Waals surface area contributed by atoms with Gasteiger partial charge < -0.3 is 15.0 Å². The van der Waals surface area contributed by atoms with Crippen molar-refractivity contribution >= 4 is 28.8 Å². The van der Waals surface area contributed by atoms with E-state index >= 15 is 0 Å². The highest BCUT2D eigenvalue weighted by molar-refractivity contribution is 7.12. The molecular formula is C21H19FN2O3S. The molecule has 144 valence electrons. The van der Waals surface area contributed by atoms with Crippen LogP contribution >= 0.6 is 11.3 Å². The van der Waals surface area contributed by atoms with Crippen molar-refractivity contribution in [1.82, 2.24) is 5.32 Å². The molecule has 5 nitrogen and oxygen atoms in total. The average Bonchev–Trinajstić information content (AvgIpc) is 3.26. The molecule has 1 N–H and O–H groups in total. The summed E-state index contributed by atoms with van der Waals surface area (Å²) in [5.41, 5.74) is 0.926. The van der Waals surface area contributed by atoms with E-state index in [2.05, 4.69) is 5.32 Å². The van der Waals surface area contributed by atoms with Crippen molar-refractivity contribution in [1.29, 1.82) is 0 Å². The Morgan fingerprint density at radius 1 is 1.07 bits per heavy atom.